The highest BCUT2D eigenvalue weighted by Gasteiger charge is 2.31. The number of hydrogen-bond acceptors (Lipinski definition) is 5. The van der Waals surface area contributed by atoms with Crippen LogP contribution < -0.4 is 5.32 Å². The highest BCUT2D eigenvalue weighted by atomic mass is 32.1. The monoisotopic (exact) mass is 304 g/mol. The molecule has 1 aromatic carbocycles. The summed E-state index contributed by atoms with van der Waals surface area (Å²) in [6.07, 6.45) is 0. The van der Waals surface area contributed by atoms with E-state index in [1.54, 1.807) is 11.3 Å². The van der Waals surface area contributed by atoms with Crippen molar-refractivity contribution in [1.29, 1.82) is 0 Å². The molecule has 0 bridgehead atoms. The van der Waals surface area contributed by atoms with Gasteiger partial charge in [-0.15, -0.1) is 11.3 Å². The number of benzene rings is 1. The van der Waals surface area contributed by atoms with E-state index in [-0.39, 0.29) is 12.0 Å². The number of carbonyl (C=O) groups is 1. The molecule has 112 valence electrons. The largest absolute Gasteiger partial charge is 0.465 e. The number of carbonyl (C=O) groups excluding carboxylic acids is 1. The lowest BCUT2D eigenvalue weighted by atomic mass is 10.0. The summed E-state index contributed by atoms with van der Waals surface area (Å²) in [5.41, 5.74) is 1.08. The van der Waals surface area contributed by atoms with E-state index in [1.165, 1.54) is 10.1 Å². The lowest BCUT2D eigenvalue weighted by Gasteiger charge is -2.33. The molecule has 0 aliphatic carbocycles. The maximum atomic E-state index is 12.5. The predicted molar refractivity (Wildman–Crippen MR) is 85.6 cm³/mol. The molecule has 1 aliphatic heterocycles. The Morgan fingerprint density at radius 1 is 1.38 bits per heavy atom. The zero-order chi connectivity index (χ0) is 14.7. The summed E-state index contributed by atoms with van der Waals surface area (Å²) in [4.78, 5) is 14.7. The van der Waals surface area contributed by atoms with Gasteiger partial charge >= 0.3 is 5.97 Å². The van der Waals surface area contributed by atoms with Crippen LogP contribution in [0.3, 0.4) is 0 Å². The van der Waals surface area contributed by atoms with Crippen molar-refractivity contribution in [2.24, 2.45) is 0 Å². The first-order chi connectivity index (χ1) is 10.3. The highest BCUT2D eigenvalue weighted by Crippen LogP contribution is 2.34. The second kappa shape index (κ2) is 6.56. The van der Waals surface area contributed by atoms with E-state index < -0.39 is 0 Å². The van der Waals surface area contributed by atoms with Crippen LogP contribution in [0.15, 0.2) is 29.6 Å². The SMILES string of the molecule is CCOC(=O)C(c1csc2ccccc12)N1CCNCC1. The molecule has 5 heteroatoms. The minimum Gasteiger partial charge on any atom is -0.465 e. The molecule has 1 unspecified atom stereocenters. The third-order valence-corrected chi connectivity index (χ3v) is 4.81. The molecule has 1 N–H and O–H groups in total. The van der Waals surface area contributed by atoms with Crippen molar-refractivity contribution in [3.05, 3.63) is 35.2 Å². The molecule has 2 aromatic rings. The summed E-state index contributed by atoms with van der Waals surface area (Å²) in [6.45, 7) is 5.85. The predicted octanol–water partition coefficient (Wildman–Crippen LogP) is 2.41. The Morgan fingerprint density at radius 3 is 2.90 bits per heavy atom. The molecule has 1 fully saturated rings. The van der Waals surface area contributed by atoms with Crippen LogP contribution in [-0.2, 0) is 9.53 Å². The summed E-state index contributed by atoms with van der Waals surface area (Å²) < 4.78 is 6.55. The van der Waals surface area contributed by atoms with Gasteiger partial charge in [0.05, 0.1) is 6.61 Å². The molecule has 0 spiro atoms. The summed E-state index contributed by atoms with van der Waals surface area (Å²) >= 11 is 1.69. The Bertz CT molecular complexity index is 620. The number of esters is 1. The van der Waals surface area contributed by atoms with Crippen LogP contribution in [0, 0.1) is 0 Å². The smallest absolute Gasteiger partial charge is 0.328 e. The second-order valence-corrected chi connectivity index (χ2v) is 6.04. The van der Waals surface area contributed by atoms with E-state index in [1.807, 2.05) is 19.1 Å². The van der Waals surface area contributed by atoms with Gasteiger partial charge in [0.2, 0.25) is 0 Å². The number of nitrogens with zero attached hydrogens (tertiary/aromatic N) is 1. The topological polar surface area (TPSA) is 41.6 Å². The Hall–Kier alpha value is -1.43. The van der Waals surface area contributed by atoms with Gasteiger partial charge in [-0.05, 0) is 29.3 Å². The Morgan fingerprint density at radius 2 is 2.14 bits per heavy atom. The van der Waals surface area contributed by atoms with Gasteiger partial charge < -0.3 is 10.1 Å². The fourth-order valence-electron chi connectivity index (χ4n) is 2.84. The number of hydrogen-bond donors (Lipinski definition) is 1. The molecule has 2 heterocycles. The van der Waals surface area contributed by atoms with Gasteiger partial charge in [-0.3, -0.25) is 4.90 Å². The third kappa shape index (κ3) is 2.95. The third-order valence-electron chi connectivity index (χ3n) is 3.83. The molecule has 1 atom stereocenters. The van der Waals surface area contributed by atoms with Crippen molar-refractivity contribution < 1.29 is 9.53 Å². The fraction of sp³-hybridized carbons (Fsp3) is 0.438. The van der Waals surface area contributed by atoms with E-state index in [0.717, 1.165) is 31.7 Å². The Labute approximate surface area is 128 Å². The summed E-state index contributed by atoms with van der Waals surface area (Å²) in [5.74, 6) is -0.136. The minimum atomic E-state index is -0.289. The van der Waals surface area contributed by atoms with Gasteiger partial charge in [-0.25, -0.2) is 4.79 Å². The van der Waals surface area contributed by atoms with Gasteiger partial charge in [0.15, 0.2) is 0 Å². The van der Waals surface area contributed by atoms with Crippen LogP contribution in [0.4, 0.5) is 0 Å². The molecule has 3 rings (SSSR count). The van der Waals surface area contributed by atoms with Crippen molar-refractivity contribution in [2.45, 2.75) is 13.0 Å². The minimum absolute atomic E-state index is 0.136. The first-order valence-corrected chi connectivity index (χ1v) is 8.26. The van der Waals surface area contributed by atoms with E-state index in [2.05, 4.69) is 27.7 Å². The lowest BCUT2D eigenvalue weighted by molar-refractivity contribution is -0.150. The van der Waals surface area contributed by atoms with E-state index >= 15 is 0 Å². The quantitative estimate of drug-likeness (QED) is 0.881. The summed E-state index contributed by atoms with van der Waals surface area (Å²) in [5, 5.41) is 6.60. The number of ether oxygens (including phenoxy) is 1. The van der Waals surface area contributed by atoms with Gasteiger partial charge in [-0.1, -0.05) is 18.2 Å². The van der Waals surface area contributed by atoms with Crippen molar-refractivity contribution in [1.82, 2.24) is 10.2 Å². The first kappa shape index (κ1) is 14.5. The number of piperazine rings is 1. The molecule has 21 heavy (non-hydrogen) atoms. The molecule has 1 aromatic heterocycles. The molecule has 4 nitrogen and oxygen atoms in total. The molecule has 1 aliphatic rings. The standard InChI is InChI=1S/C16H20N2O2S/c1-2-20-16(19)15(18-9-7-17-8-10-18)13-11-21-14-6-4-3-5-12(13)14/h3-6,11,15,17H,2,7-10H2,1H3. The molecule has 0 amide bonds. The van der Waals surface area contributed by atoms with Crippen molar-refractivity contribution in [3.63, 3.8) is 0 Å². The number of nitrogens with one attached hydrogen (secondary N) is 1. The van der Waals surface area contributed by atoms with E-state index in [4.69, 9.17) is 4.74 Å². The van der Waals surface area contributed by atoms with E-state index in [9.17, 15) is 4.79 Å². The lowest BCUT2D eigenvalue weighted by Crippen LogP contribution is -2.47. The molecule has 0 radical (unpaired) electrons. The maximum absolute atomic E-state index is 12.5. The van der Waals surface area contributed by atoms with Crippen molar-refractivity contribution in [2.75, 3.05) is 32.8 Å². The molecule has 0 saturated carbocycles. The zero-order valence-electron chi connectivity index (χ0n) is 12.2. The number of fused-ring (bicyclic) bond motifs is 1. The molecule has 1 saturated heterocycles. The Kier molecular flexibility index (Phi) is 4.53. The maximum Gasteiger partial charge on any atom is 0.328 e. The van der Waals surface area contributed by atoms with Gasteiger partial charge in [0.1, 0.15) is 6.04 Å². The van der Waals surface area contributed by atoms with Crippen molar-refractivity contribution >= 4 is 27.4 Å². The van der Waals surface area contributed by atoms with Crippen molar-refractivity contribution in [3.8, 4) is 0 Å². The van der Waals surface area contributed by atoms with Crippen LogP contribution in [0.1, 0.15) is 18.5 Å². The molecular weight excluding hydrogens is 284 g/mol. The average molecular weight is 304 g/mol. The van der Waals surface area contributed by atoms with Gasteiger partial charge in [0.25, 0.3) is 0 Å². The number of thiophene rings is 1. The normalized spacial score (nSPS) is 17.8. The Balaban J connectivity index is 1.99. The summed E-state index contributed by atoms with van der Waals surface area (Å²) in [7, 11) is 0. The summed E-state index contributed by atoms with van der Waals surface area (Å²) in [6, 6.07) is 7.97. The van der Waals surface area contributed by atoms with Crippen LogP contribution in [-0.4, -0.2) is 43.7 Å². The van der Waals surface area contributed by atoms with E-state index in [0.29, 0.717) is 6.61 Å². The second-order valence-electron chi connectivity index (χ2n) is 5.13. The van der Waals surface area contributed by atoms with Crippen LogP contribution in [0.25, 0.3) is 10.1 Å². The number of rotatable bonds is 4. The highest BCUT2D eigenvalue weighted by molar-refractivity contribution is 7.17. The average Bonchev–Trinajstić information content (AvgIpc) is 2.93. The van der Waals surface area contributed by atoms with Gasteiger partial charge in [0, 0.05) is 30.9 Å². The first-order valence-electron chi connectivity index (χ1n) is 7.38. The zero-order valence-corrected chi connectivity index (χ0v) is 13.0. The van der Waals surface area contributed by atoms with Gasteiger partial charge in [-0.2, -0.15) is 0 Å². The van der Waals surface area contributed by atoms with Crippen LogP contribution >= 0.6 is 11.3 Å². The fourth-order valence-corrected chi connectivity index (χ4v) is 3.82. The molecular formula is C16H20N2O2S. The van der Waals surface area contributed by atoms with Crippen LogP contribution in [0.5, 0.6) is 0 Å². The van der Waals surface area contributed by atoms with Crippen LogP contribution in [0.2, 0.25) is 0 Å².